The van der Waals surface area contributed by atoms with E-state index in [2.05, 4.69) is 27.3 Å². The predicted octanol–water partition coefficient (Wildman–Crippen LogP) is 3.81. The fourth-order valence-electron chi connectivity index (χ4n) is 1.64. The van der Waals surface area contributed by atoms with Gasteiger partial charge in [-0.25, -0.2) is 0 Å². The highest BCUT2D eigenvalue weighted by Crippen LogP contribution is 2.19. The summed E-state index contributed by atoms with van der Waals surface area (Å²) in [5, 5.41) is 12.1. The smallest absolute Gasteiger partial charge is 0.119 e. The van der Waals surface area contributed by atoms with E-state index in [-0.39, 0.29) is 0 Å². The molecular weight excluding hydrogens is 304 g/mol. The zero-order valence-electron chi connectivity index (χ0n) is 10.3. The molecule has 0 aromatic heterocycles. The average Bonchev–Trinajstić information content (AvgIpc) is 2.44. The van der Waals surface area contributed by atoms with Crippen molar-refractivity contribution in [3.05, 3.63) is 58.6 Å². The second kappa shape index (κ2) is 6.81. The molecule has 0 aliphatic rings. The first-order chi connectivity index (χ1) is 9.28. The Morgan fingerprint density at radius 1 is 1.16 bits per heavy atom. The molecule has 2 aromatic carbocycles. The van der Waals surface area contributed by atoms with Gasteiger partial charge >= 0.3 is 0 Å². The molecule has 3 nitrogen and oxygen atoms in total. The Kier molecular flexibility index (Phi) is 4.82. The van der Waals surface area contributed by atoms with Crippen LogP contribution in [0.2, 0.25) is 0 Å². The van der Waals surface area contributed by atoms with E-state index in [1.165, 1.54) is 0 Å². The molecular formula is C15H13BrN2O. The van der Waals surface area contributed by atoms with E-state index in [1.807, 2.05) is 42.5 Å². The van der Waals surface area contributed by atoms with Gasteiger partial charge in [-0.1, -0.05) is 34.1 Å². The topological polar surface area (TPSA) is 45.0 Å². The third-order valence-electron chi connectivity index (χ3n) is 2.47. The Bertz CT molecular complexity index is 578. The molecule has 0 saturated heterocycles. The summed E-state index contributed by atoms with van der Waals surface area (Å²) < 4.78 is 6.46. The largest absolute Gasteiger partial charge is 0.492 e. The Morgan fingerprint density at radius 3 is 2.68 bits per heavy atom. The van der Waals surface area contributed by atoms with Crippen LogP contribution in [0.3, 0.4) is 0 Å². The molecule has 0 aliphatic carbocycles. The number of hydrogen-bond acceptors (Lipinski definition) is 3. The Labute approximate surface area is 121 Å². The summed E-state index contributed by atoms with van der Waals surface area (Å²) >= 11 is 3.38. The number of nitrogens with zero attached hydrogens (tertiary/aromatic N) is 1. The van der Waals surface area contributed by atoms with Crippen molar-refractivity contribution in [1.29, 1.82) is 5.26 Å². The van der Waals surface area contributed by atoms with Crippen LogP contribution in [0.4, 0.5) is 5.69 Å². The molecule has 0 aliphatic heterocycles. The van der Waals surface area contributed by atoms with Gasteiger partial charge in [0.05, 0.1) is 11.6 Å². The second-order valence-electron chi connectivity index (χ2n) is 3.93. The fourth-order valence-corrected chi connectivity index (χ4v) is 2.13. The van der Waals surface area contributed by atoms with Crippen molar-refractivity contribution in [2.75, 3.05) is 18.5 Å². The van der Waals surface area contributed by atoms with Crippen LogP contribution in [0.15, 0.2) is 53.0 Å². The number of rotatable bonds is 5. The lowest BCUT2D eigenvalue weighted by Gasteiger charge is -2.09. The van der Waals surface area contributed by atoms with E-state index < -0.39 is 0 Å². The van der Waals surface area contributed by atoms with Gasteiger partial charge in [-0.3, -0.25) is 0 Å². The van der Waals surface area contributed by atoms with Crippen LogP contribution in [0.1, 0.15) is 5.56 Å². The maximum atomic E-state index is 8.88. The SMILES string of the molecule is N#Cc1cc(Br)cc(NCCOc2ccccc2)c1. The number of halogens is 1. The molecule has 0 unspecified atom stereocenters. The summed E-state index contributed by atoms with van der Waals surface area (Å²) in [7, 11) is 0. The highest BCUT2D eigenvalue weighted by Gasteiger charge is 1.98. The minimum atomic E-state index is 0.568. The van der Waals surface area contributed by atoms with Crippen molar-refractivity contribution in [1.82, 2.24) is 0 Å². The van der Waals surface area contributed by atoms with Gasteiger partial charge in [0.1, 0.15) is 12.4 Å². The molecule has 96 valence electrons. The first-order valence-electron chi connectivity index (χ1n) is 5.90. The van der Waals surface area contributed by atoms with Crippen LogP contribution in [0.25, 0.3) is 0 Å². The van der Waals surface area contributed by atoms with Crippen molar-refractivity contribution >= 4 is 21.6 Å². The summed E-state index contributed by atoms with van der Waals surface area (Å²) in [4.78, 5) is 0. The number of nitriles is 1. The summed E-state index contributed by atoms with van der Waals surface area (Å²) in [6, 6.07) is 17.3. The standard InChI is InChI=1S/C15H13BrN2O/c16-13-8-12(11-17)9-14(10-13)18-6-7-19-15-4-2-1-3-5-15/h1-5,8-10,18H,6-7H2. The lowest BCUT2D eigenvalue weighted by Crippen LogP contribution is -2.11. The Hall–Kier alpha value is -1.99. The normalized spacial score (nSPS) is 9.68. The summed E-state index contributed by atoms with van der Waals surface area (Å²) in [5.41, 5.74) is 1.53. The number of hydrogen-bond donors (Lipinski definition) is 1. The van der Waals surface area contributed by atoms with Crippen LogP contribution in [-0.2, 0) is 0 Å². The minimum absolute atomic E-state index is 0.568. The van der Waals surface area contributed by atoms with Crippen molar-refractivity contribution < 1.29 is 4.74 Å². The van der Waals surface area contributed by atoms with Crippen molar-refractivity contribution in [2.45, 2.75) is 0 Å². The van der Waals surface area contributed by atoms with Crippen molar-refractivity contribution in [3.8, 4) is 11.8 Å². The number of nitrogens with one attached hydrogen (secondary N) is 1. The molecule has 1 N–H and O–H groups in total. The molecule has 2 rings (SSSR count). The van der Waals surface area contributed by atoms with Gasteiger partial charge in [0.15, 0.2) is 0 Å². The monoisotopic (exact) mass is 316 g/mol. The van der Waals surface area contributed by atoms with Gasteiger partial charge in [0.2, 0.25) is 0 Å². The quantitative estimate of drug-likeness (QED) is 0.853. The van der Waals surface area contributed by atoms with Gasteiger partial charge in [0.25, 0.3) is 0 Å². The molecule has 0 amide bonds. The number of anilines is 1. The number of para-hydroxylation sites is 1. The Morgan fingerprint density at radius 2 is 1.95 bits per heavy atom. The average molecular weight is 317 g/mol. The van der Waals surface area contributed by atoms with Gasteiger partial charge < -0.3 is 10.1 Å². The molecule has 0 saturated carbocycles. The molecule has 19 heavy (non-hydrogen) atoms. The number of ether oxygens (including phenoxy) is 1. The minimum Gasteiger partial charge on any atom is -0.492 e. The van der Waals surface area contributed by atoms with Crippen LogP contribution >= 0.6 is 15.9 Å². The summed E-state index contributed by atoms with van der Waals surface area (Å²) in [6.45, 7) is 1.24. The lowest BCUT2D eigenvalue weighted by atomic mass is 10.2. The highest BCUT2D eigenvalue weighted by atomic mass is 79.9. The van der Waals surface area contributed by atoms with E-state index in [0.717, 1.165) is 15.9 Å². The van der Waals surface area contributed by atoms with E-state index >= 15 is 0 Å². The van der Waals surface area contributed by atoms with E-state index in [9.17, 15) is 0 Å². The molecule has 0 fully saturated rings. The van der Waals surface area contributed by atoms with E-state index in [0.29, 0.717) is 18.7 Å². The molecule has 0 radical (unpaired) electrons. The molecule has 0 heterocycles. The van der Waals surface area contributed by atoms with Crippen LogP contribution in [0, 0.1) is 11.3 Å². The maximum absolute atomic E-state index is 8.88. The van der Waals surface area contributed by atoms with Crippen LogP contribution in [-0.4, -0.2) is 13.2 Å². The van der Waals surface area contributed by atoms with E-state index in [1.54, 1.807) is 6.07 Å². The summed E-state index contributed by atoms with van der Waals surface area (Å²) in [6.07, 6.45) is 0. The maximum Gasteiger partial charge on any atom is 0.119 e. The Balaban J connectivity index is 1.83. The van der Waals surface area contributed by atoms with Gasteiger partial charge in [-0.05, 0) is 30.3 Å². The first kappa shape index (κ1) is 13.4. The lowest BCUT2D eigenvalue weighted by molar-refractivity contribution is 0.333. The highest BCUT2D eigenvalue weighted by molar-refractivity contribution is 9.10. The first-order valence-corrected chi connectivity index (χ1v) is 6.69. The molecule has 4 heteroatoms. The molecule has 0 atom stereocenters. The predicted molar refractivity (Wildman–Crippen MR) is 79.3 cm³/mol. The van der Waals surface area contributed by atoms with Crippen molar-refractivity contribution in [3.63, 3.8) is 0 Å². The second-order valence-corrected chi connectivity index (χ2v) is 4.84. The molecule has 0 spiro atoms. The van der Waals surface area contributed by atoms with Gasteiger partial charge in [-0.15, -0.1) is 0 Å². The van der Waals surface area contributed by atoms with Crippen LogP contribution < -0.4 is 10.1 Å². The zero-order chi connectivity index (χ0) is 13.5. The summed E-state index contributed by atoms with van der Waals surface area (Å²) in [5.74, 6) is 0.858. The van der Waals surface area contributed by atoms with Crippen LogP contribution in [0.5, 0.6) is 5.75 Å². The molecule has 0 bridgehead atoms. The molecule has 2 aromatic rings. The van der Waals surface area contributed by atoms with Crippen molar-refractivity contribution in [2.24, 2.45) is 0 Å². The zero-order valence-corrected chi connectivity index (χ0v) is 11.9. The van der Waals surface area contributed by atoms with E-state index in [4.69, 9.17) is 10.00 Å². The van der Waals surface area contributed by atoms with Gasteiger partial charge in [-0.2, -0.15) is 5.26 Å². The third-order valence-corrected chi connectivity index (χ3v) is 2.93. The third kappa shape index (κ3) is 4.31. The van der Waals surface area contributed by atoms with Gasteiger partial charge in [0, 0.05) is 16.7 Å². The number of benzene rings is 2. The fraction of sp³-hybridized carbons (Fsp3) is 0.133.